The summed E-state index contributed by atoms with van der Waals surface area (Å²) < 4.78 is 33.9. The van der Waals surface area contributed by atoms with Crippen LogP contribution in [0.1, 0.15) is 24.8 Å². The molecule has 0 saturated heterocycles. The Bertz CT molecular complexity index is 1360. The molecule has 1 unspecified atom stereocenters. The molecule has 3 aromatic carbocycles. The summed E-state index contributed by atoms with van der Waals surface area (Å²) >= 11 is 5.88. The maximum absolute atomic E-state index is 12.9. The number of furan rings is 1. The first-order valence-corrected chi connectivity index (χ1v) is 12.1. The van der Waals surface area contributed by atoms with E-state index in [1.165, 1.54) is 12.1 Å². The van der Waals surface area contributed by atoms with Gasteiger partial charge in [0, 0.05) is 15.8 Å². The van der Waals surface area contributed by atoms with Crippen LogP contribution in [0.2, 0.25) is 5.02 Å². The number of carboxylic acid groups (broad SMARTS) is 1. The fourth-order valence-corrected chi connectivity index (χ4v) is 5.06. The second kappa shape index (κ2) is 9.32. The Morgan fingerprint density at radius 3 is 2.44 bits per heavy atom. The van der Waals surface area contributed by atoms with E-state index in [9.17, 15) is 18.3 Å². The molecule has 6 nitrogen and oxygen atoms in total. The number of carboxylic acids is 1. The molecule has 1 heterocycles. The first-order chi connectivity index (χ1) is 15.3. The average Bonchev–Trinajstić information content (AvgIpc) is 3.15. The summed E-state index contributed by atoms with van der Waals surface area (Å²) in [6.45, 7) is 0. The number of fused-ring (bicyclic) bond motifs is 3. The molecule has 0 fully saturated rings. The molecule has 4 rings (SSSR count). The Morgan fingerprint density at radius 1 is 0.969 bits per heavy atom. The topological polar surface area (TPSA) is 96.6 Å². The van der Waals surface area contributed by atoms with Crippen LogP contribution in [0.3, 0.4) is 0 Å². The van der Waals surface area contributed by atoms with Crippen molar-refractivity contribution in [2.24, 2.45) is 0 Å². The largest absolute Gasteiger partial charge is 0.480 e. The molecule has 166 valence electrons. The van der Waals surface area contributed by atoms with Crippen molar-refractivity contribution in [3.63, 3.8) is 0 Å². The first kappa shape index (κ1) is 22.3. The van der Waals surface area contributed by atoms with Crippen molar-refractivity contribution in [1.82, 2.24) is 4.72 Å². The zero-order valence-electron chi connectivity index (χ0n) is 17.1. The van der Waals surface area contributed by atoms with E-state index in [2.05, 4.69) is 4.72 Å². The Kier molecular flexibility index (Phi) is 6.50. The highest BCUT2D eigenvalue weighted by Crippen LogP contribution is 2.30. The fourth-order valence-electron chi connectivity index (χ4n) is 3.69. The highest BCUT2D eigenvalue weighted by Gasteiger charge is 2.25. The predicted octanol–water partition coefficient (Wildman–Crippen LogP) is 5.38. The molecule has 0 aliphatic carbocycles. The van der Waals surface area contributed by atoms with Gasteiger partial charge in [0.05, 0.1) is 4.90 Å². The number of para-hydroxylation sites is 1. The number of hydrogen-bond acceptors (Lipinski definition) is 4. The number of carbonyl (C=O) groups is 1. The van der Waals surface area contributed by atoms with E-state index >= 15 is 0 Å². The van der Waals surface area contributed by atoms with Crippen LogP contribution >= 0.6 is 11.6 Å². The summed E-state index contributed by atoms with van der Waals surface area (Å²) in [5.41, 5.74) is 2.33. The van der Waals surface area contributed by atoms with E-state index < -0.39 is 22.0 Å². The van der Waals surface area contributed by atoms with Gasteiger partial charge < -0.3 is 9.52 Å². The van der Waals surface area contributed by atoms with Gasteiger partial charge in [0.1, 0.15) is 17.2 Å². The van der Waals surface area contributed by atoms with Crippen LogP contribution < -0.4 is 4.72 Å². The van der Waals surface area contributed by atoms with Crippen molar-refractivity contribution >= 4 is 49.5 Å². The normalized spacial score (nSPS) is 12.9. The second-order valence-electron chi connectivity index (χ2n) is 7.64. The molecule has 0 spiro atoms. The molecular formula is C24H22ClNO5S. The van der Waals surface area contributed by atoms with Crippen LogP contribution in [0.15, 0.2) is 76.0 Å². The molecule has 32 heavy (non-hydrogen) atoms. The molecule has 4 aromatic rings. The monoisotopic (exact) mass is 471 g/mol. The summed E-state index contributed by atoms with van der Waals surface area (Å²) in [7, 11) is -4.02. The number of rotatable bonds is 9. The minimum absolute atomic E-state index is 0.00367. The van der Waals surface area contributed by atoms with Crippen molar-refractivity contribution in [2.45, 2.75) is 36.6 Å². The van der Waals surface area contributed by atoms with Crippen LogP contribution in [0.4, 0.5) is 0 Å². The Hall–Kier alpha value is -2.87. The molecule has 8 heteroatoms. The van der Waals surface area contributed by atoms with Gasteiger partial charge in [0.2, 0.25) is 10.0 Å². The Labute approximate surface area is 190 Å². The van der Waals surface area contributed by atoms with Gasteiger partial charge in [-0.05, 0) is 61.2 Å². The second-order valence-corrected chi connectivity index (χ2v) is 9.79. The molecule has 0 radical (unpaired) electrons. The van der Waals surface area contributed by atoms with Gasteiger partial charge in [-0.2, -0.15) is 4.72 Å². The zero-order chi connectivity index (χ0) is 22.7. The number of unbranched alkanes of at least 4 members (excludes halogenated alkanes) is 1. The third kappa shape index (κ3) is 4.96. The molecule has 0 amide bonds. The van der Waals surface area contributed by atoms with Gasteiger partial charge >= 0.3 is 5.97 Å². The first-order valence-electron chi connectivity index (χ1n) is 10.2. The van der Waals surface area contributed by atoms with Gasteiger partial charge in [-0.1, -0.05) is 48.4 Å². The Balaban J connectivity index is 1.45. The summed E-state index contributed by atoms with van der Waals surface area (Å²) in [6, 6.07) is 18.2. The van der Waals surface area contributed by atoms with Crippen LogP contribution in [0.5, 0.6) is 0 Å². The predicted molar refractivity (Wildman–Crippen MR) is 124 cm³/mol. The van der Waals surface area contributed by atoms with Gasteiger partial charge in [-0.25, -0.2) is 8.42 Å². The number of hydrogen-bond donors (Lipinski definition) is 2. The van der Waals surface area contributed by atoms with Crippen molar-refractivity contribution in [1.29, 1.82) is 0 Å². The number of aliphatic carboxylic acids is 1. The highest BCUT2D eigenvalue weighted by molar-refractivity contribution is 7.89. The molecule has 1 aromatic heterocycles. The van der Waals surface area contributed by atoms with Gasteiger partial charge in [0.15, 0.2) is 0 Å². The molecule has 0 aliphatic rings. The Morgan fingerprint density at radius 2 is 1.69 bits per heavy atom. The minimum Gasteiger partial charge on any atom is -0.480 e. The van der Waals surface area contributed by atoms with E-state index in [-0.39, 0.29) is 11.3 Å². The number of benzene rings is 3. The standard InChI is InChI=1S/C24H22ClNO5S/c25-17-11-9-16(10-12-17)5-1-3-7-21(24(27)28)26-32(29,30)18-13-14-23-20(15-18)19-6-2-4-8-22(19)31-23/h2,4,6,8-15,21,26H,1,3,5,7H2,(H,27,28). The lowest BCUT2D eigenvalue weighted by Crippen LogP contribution is -2.40. The van der Waals surface area contributed by atoms with Crippen LogP contribution in [0, 0.1) is 0 Å². The van der Waals surface area contributed by atoms with E-state index in [1.54, 1.807) is 6.07 Å². The molecule has 1 atom stereocenters. The van der Waals surface area contributed by atoms with Crippen molar-refractivity contribution in [3.05, 3.63) is 77.3 Å². The van der Waals surface area contributed by atoms with E-state index in [0.29, 0.717) is 28.0 Å². The third-order valence-electron chi connectivity index (χ3n) is 5.38. The van der Waals surface area contributed by atoms with Gasteiger partial charge in [-0.15, -0.1) is 0 Å². The lowest BCUT2D eigenvalue weighted by molar-refractivity contribution is -0.139. The fraction of sp³-hybridized carbons (Fsp3) is 0.208. The lowest BCUT2D eigenvalue weighted by Gasteiger charge is -2.15. The van der Waals surface area contributed by atoms with Gasteiger partial charge in [0.25, 0.3) is 0 Å². The third-order valence-corrected chi connectivity index (χ3v) is 7.10. The van der Waals surface area contributed by atoms with Crippen molar-refractivity contribution in [3.8, 4) is 0 Å². The molecule has 0 aliphatic heterocycles. The highest BCUT2D eigenvalue weighted by atomic mass is 35.5. The smallest absolute Gasteiger partial charge is 0.321 e. The van der Waals surface area contributed by atoms with Crippen molar-refractivity contribution in [2.75, 3.05) is 0 Å². The number of halogens is 1. The van der Waals surface area contributed by atoms with Crippen molar-refractivity contribution < 1.29 is 22.7 Å². The average molecular weight is 472 g/mol. The quantitative estimate of drug-likeness (QED) is 0.319. The molecule has 2 N–H and O–H groups in total. The SMILES string of the molecule is O=C(O)C(CCCCc1ccc(Cl)cc1)NS(=O)(=O)c1ccc2oc3ccccc3c2c1. The number of nitrogens with one attached hydrogen (secondary N) is 1. The molecular weight excluding hydrogens is 450 g/mol. The number of aryl methyl sites for hydroxylation is 1. The van der Waals surface area contributed by atoms with E-state index in [1.807, 2.05) is 48.5 Å². The lowest BCUT2D eigenvalue weighted by atomic mass is 10.0. The summed E-state index contributed by atoms with van der Waals surface area (Å²) in [6.07, 6.45) is 2.26. The molecule has 0 bridgehead atoms. The zero-order valence-corrected chi connectivity index (χ0v) is 18.7. The summed E-state index contributed by atoms with van der Waals surface area (Å²) in [4.78, 5) is 11.7. The molecule has 0 saturated carbocycles. The number of sulfonamides is 1. The maximum Gasteiger partial charge on any atom is 0.321 e. The minimum atomic E-state index is -4.02. The van der Waals surface area contributed by atoms with E-state index in [4.69, 9.17) is 16.0 Å². The summed E-state index contributed by atoms with van der Waals surface area (Å²) in [5.74, 6) is -1.20. The van der Waals surface area contributed by atoms with Crippen LogP contribution in [-0.4, -0.2) is 25.5 Å². The van der Waals surface area contributed by atoms with Crippen LogP contribution in [0.25, 0.3) is 21.9 Å². The van der Waals surface area contributed by atoms with Gasteiger partial charge in [-0.3, -0.25) is 4.79 Å². The van der Waals surface area contributed by atoms with Crippen LogP contribution in [-0.2, 0) is 21.2 Å². The summed E-state index contributed by atoms with van der Waals surface area (Å²) in [5, 5.41) is 11.7. The van der Waals surface area contributed by atoms with E-state index in [0.717, 1.165) is 23.8 Å². The maximum atomic E-state index is 12.9.